The molecule has 3 aromatic rings. The minimum atomic E-state index is 0.265. The third kappa shape index (κ3) is 1.05. The Labute approximate surface area is 107 Å². The van der Waals surface area contributed by atoms with Crippen LogP contribution in [-0.4, -0.2) is 18.6 Å². The molecule has 2 aliphatic rings. The van der Waals surface area contributed by atoms with Crippen molar-refractivity contribution in [1.29, 1.82) is 0 Å². The second kappa shape index (κ2) is 3.06. The van der Waals surface area contributed by atoms with Gasteiger partial charge in [0.05, 0.1) is 11.0 Å². The van der Waals surface area contributed by atoms with Crippen LogP contribution in [0.2, 0.25) is 0 Å². The van der Waals surface area contributed by atoms with Gasteiger partial charge in [-0.1, -0.05) is 0 Å². The first-order chi connectivity index (χ1) is 9.42. The van der Waals surface area contributed by atoms with Crippen LogP contribution in [-0.2, 0) is 0 Å². The number of H-pyrrole nitrogens is 1. The van der Waals surface area contributed by atoms with Crippen LogP contribution < -0.4 is 18.9 Å². The van der Waals surface area contributed by atoms with Gasteiger partial charge in [-0.3, -0.25) is 0 Å². The van der Waals surface area contributed by atoms with E-state index in [1.54, 1.807) is 0 Å². The summed E-state index contributed by atoms with van der Waals surface area (Å²) < 4.78 is 21.9. The Morgan fingerprint density at radius 1 is 0.684 bits per heavy atom. The molecule has 0 fully saturated rings. The topological polar surface area (TPSA) is 52.7 Å². The standard InChI is InChI=1S/C14H9NO4/c1-3-9-13(18-5-16-9)11-7(1)8-2-4-10-14(12(8)15-11)19-6-17-10/h1-4,15H,5-6H2. The summed E-state index contributed by atoms with van der Waals surface area (Å²) in [5.41, 5.74) is 1.88. The van der Waals surface area contributed by atoms with E-state index in [1.165, 1.54) is 0 Å². The van der Waals surface area contributed by atoms with Gasteiger partial charge in [0, 0.05) is 10.8 Å². The number of ether oxygens (including phenoxy) is 4. The van der Waals surface area contributed by atoms with Crippen LogP contribution in [0, 0.1) is 0 Å². The fourth-order valence-corrected chi connectivity index (χ4v) is 2.77. The molecule has 1 aromatic heterocycles. The molecule has 19 heavy (non-hydrogen) atoms. The minimum absolute atomic E-state index is 0.265. The number of rotatable bonds is 0. The molecule has 0 radical (unpaired) electrons. The van der Waals surface area contributed by atoms with E-state index in [0.29, 0.717) is 0 Å². The molecule has 0 spiro atoms. The van der Waals surface area contributed by atoms with E-state index in [1.807, 2.05) is 24.3 Å². The highest BCUT2D eigenvalue weighted by molar-refractivity contribution is 6.12. The van der Waals surface area contributed by atoms with Crippen molar-refractivity contribution in [2.24, 2.45) is 0 Å². The molecule has 0 amide bonds. The number of fused-ring (bicyclic) bond motifs is 7. The van der Waals surface area contributed by atoms with Gasteiger partial charge in [-0.05, 0) is 24.3 Å². The summed E-state index contributed by atoms with van der Waals surface area (Å²) in [5.74, 6) is 3.07. The smallest absolute Gasteiger partial charge is 0.231 e. The normalized spacial score (nSPS) is 15.6. The lowest BCUT2D eigenvalue weighted by molar-refractivity contribution is 0.174. The first-order valence-corrected chi connectivity index (χ1v) is 6.04. The maximum absolute atomic E-state index is 5.54. The van der Waals surface area contributed by atoms with Crippen LogP contribution in [0.3, 0.4) is 0 Å². The number of hydrogen-bond donors (Lipinski definition) is 1. The Morgan fingerprint density at radius 2 is 1.21 bits per heavy atom. The van der Waals surface area contributed by atoms with Crippen LogP contribution >= 0.6 is 0 Å². The second-order valence-corrected chi connectivity index (χ2v) is 4.57. The van der Waals surface area contributed by atoms with Crippen molar-refractivity contribution in [3.8, 4) is 23.0 Å². The molecular weight excluding hydrogens is 246 g/mol. The molecule has 0 aliphatic carbocycles. The summed E-state index contributed by atoms with van der Waals surface area (Å²) in [4.78, 5) is 3.37. The Bertz CT molecular complexity index is 768. The first-order valence-electron chi connectivity index (χ1n) is 6.04. The highest BCUT2D eigenvalue weighted by Gasteiger charge is 2.23. The highest BCUT2D eigenvalue weighted by Crippen LogP contribution is 2.46. The zero-order valence-corrected chi connectivity index (χ0v) is 9.86. The van der Waals surface area contributed by atoms with Crippen molar-refractivity contribution >= 4 is 21.8 Å². The summed E-state index contributed by atoms with van der Waals surface area (Å²) in [7, 11) is 0. The molecule has 0 bridgehead atoms. The van der Waals surface area contributed by atoms with Gasteiger partial charge >= 0.3 is 0 Å². The predicted molar refractivity (Wildman–Crippen MR) is 68.1 cm³/mol. The average molecular weight is 255 g/mol. The largest absolute Gasteiger partial charge is 0.454 e. The van der Waals surface area contributed by atoms with Gasteiger partial charge in [0.2, 0.25) is 13.6 Å². The molecule has 5 heteroatoms. The van der Waals surface area contributed by atoms with E-state index in [2.05, 4.69) is 4.98 Å². The Hall–Kier alpha value is -2.56. The van der Waals surface area contributed by atoms with Gasteiger partial charge < -0.3 is 23.9 Å². The van der Waals surface area contributed by atoms with Gasteiger partial charge in [-0.2, -0.15) is 0 Å². The molecule has 5 rings (SSSR count). The molecule has 2 aliphatic heterocycles. The van der Waals surface area contributed by atoms with Gasteiger partial charge in [0.15, 0.2) is 23.0 Å². The van der Waals surface area contributed by atoms with Gasteiger partial charge in [0.1, 0.15) is 0 Å². The third-order valence-corrected chi connectivity index (χ3v) is 3.62. The lowest BCUT2D eigenvalue weighted by Gasteiger charge is -1.97. The number of hydrogen-bond acceptors (Lipinski definition) is 4. The Kier molecular flexibility index (Phi) is 1.51. The molecular formula is C14H9NO4. The molecule has 0 atom stereocenters. The van der Waals surface area contributed by atoms with Crippen molar-refractivity contribution in [2.75, 3.05) is 13.6 Å². The van der Waals surface area contributed by atoms with E-state index in [9.17, 15) is 0 Å². The zero-order valence-electron chi connectivity index (χ0n) is 9.86. The third-order valence-electron chi connectivity index (χ3n) is 3.62. The number of benzene rings is 2. The summed E-state index contributed by atoms with van der Waals surface area (Å²) in [6, 6.07) is 7.93. The van der Waals surface area contributed by atoms with Gasteiger partial charge in [-0.15, -0.1) is 0 Å². The van der Waals surface area contributed by atoms with Crippen LogP contribution in [0.1, 0.15) is 0 Å². The average Bonchev–Trinajstić information content (AvgIpc) is 3.14. The fourth-order valence-electron chi connectivity index (χ4n) is 2.77. The molecule has 0 saturated carbocycles. The van der Waals surface area contributed by atoms with Crippen LogP contribution in [0.5, 0.6) is 23.0 Å². The molecule has 3 heterocycles. The second-order valence-electron chi connectivity index (χ2n) is 4.57. The molecule has 5 nitrogen and oxygen atoms in total. The van der Waals surface area contributed by atoms with E-state index < -0.39 is 0 Å². The monoisotopic (exact) mass is 255 g/mol. The lowest BCUT2D eigenvalue weighted by atomic mass is 10.1. The van der Waals surface area contributed by atoms with Crippen molar-refractivity contribution < 1.29 is 18.9 Å². The van der Waals surface area contributed by atoms with Gasteiger partial charge in [-0.25, -0.2) is 0 Å². The quantitative estimate of drug-likeness (QED) is 0.671. The number of aromatic nitrogens is 1. The van der Waals surface area contributed by atoms with Crippen molar-refractivity contribution in [1.82, 2.24) is 4.98 Å². The molecule has 94 valence electrons. The fraction of sp³-hybridized carbons (Fsp3) is 0.143. The summed E-state index contributed by atoms with van der Waals surface area (Å²) in [5, 5.41) is 2.19. The lowest BCUT2D eigenvalue weighted by Crippen LogP contribution is -1.93. The van der Waals surface area contributed by atoms with Crippen molar-refractivity contribution in [3.63, 3.8) is 0 Å². The highest BCUT2D eigenvalue weighted by atomic mass is 16.7. The maximum atomic E-state index is 5.54. The maximum Gasteiger partial charge on any atom is 0.231 e. The molecule has 2 aromatic carbocycles. The Morgan fingerprint density at radius 3 is 1.74 bits per heavy atom. The first kappa shape index (κ1) is 9.38. The molecule has 0 unspecified atom stereocenters. The van der Waals surface area contributed by atoms with Crippen LogP contribution in [0.15, 0.2) is 24.3 Å². The number of aromatic amines is 1. The zero-order chi connectivity index (χ0) is 12.4. The molecule has 0 saturated heterocycles. The number of nitrogens with one attached hydrogen (secondary N) is 1. The molecule has 1 N–H and O–H groups in total. The van der Waals surface area contributed by atoms with Gasteiger partial charge in [0.25, 0.3) is 0 Å². The van der Waals surface area contributed by atoms with E-state index in [-0.39, 0.29) is 13.6 Å². The minimum Gasteiger partial charge on any atom is -0.454 e. The predicted octanol–water partition coefficient (Wildman–Crippen LogP) is 2.78. The van der Waals surface area contributed by atoms with E-state index >= 15 is 0 Å². The summed E-state index contributed by atoms with van der Waals surface area (Å²) in [6.45, 7) is 0.531. The van der Waals surface area contributed by atoms with E-state index in [0.717, 1.165) is 44.8 Å². The summed E-state index contributed by atoms with van der Waals surface area (Å²) >= 11 is 0. The SMILES string of the molecule is c1cc2c([nH]c3c4c(ccc32)OCO4)c2c1OCO2. The summed E-state index contributed by atoms with van der Waals surface area (Å²) in [6.07, 6.45) is 0. The van der Waals surface area contributed by atoms with Crippen molar-refractivity contribution in [3.05, 3.63) is 24.3 Å². The van der Waals surface area contributed by atoms with Crippen LogP contribution in [0.25, 0.3) is 21.8 Å². The van der Waals surface area contributed by atoms with E-state index in [4.69, 9.17) is 18.9 Å². The van der Waals surface area contributed by atoms with Crippen LogP contribution in [0.4, 0.5) is 0 Å². The van der Waals surface area contributed by atoms with Crippen molar-refractivity contribution in [2.45, 2.75) is 0 Å². The Balaban J connectivity index is 1.97.